The van der Waals surface area contributed by atoms with Crippen LogP contribution >= 0.6 is 15.9 Å². The summed E-state index contributed by atoms with van der Waals surface area (Å²) in [4.78, 5) is -0.605. The van der Waals surface area contributed by atoms with Crippen LogP contribution in [0.25, 0.3) is 0 Å². The van der Waals surface area contributed by atoms with Crippen molar-refractivity contribution < 1.29 is 17.2 Å². The first kappa shape index (κ1) is 14.9. The Labute approximate surface area is 123 Å². The number of rotatable bonds is 3. The molecule has 0 radical (unpaired) electrons. The van der Waals surface area contributed by atoms with Crippen molar-refractivity contribution in [1.29, 1.82) is 0 Å². The molecule has 106 valence electrons. The molecule has 0 heterocycles. The number of anilines is 1. The largest absolute Gasteiger partial charge is 0.278 e. The van der Waals surface area contributed by atoms with Gasteiger partial charge in [0.25, 0.3) is 10.0 Å². The summed E-state index contributed by atoms with van der Waals surface area (Å²) in [7, 11) is -4.12. The molecule has 0 saturated carbocycles. The summed E-state index contributed by atoms with van der Waals surface area (Å²) < 4.78 is 53.3. The van der Waals surface area contributed by atoms with Crippen LogP contribution in [0.5, 0.6) is 0 Å². The molecule has 0 spiro atoms. The van der Waals surface area contributed by atoms with Crippen LogP contribution in [-0.4, -0.2) is 8.42 Å². The van der Waals surface area contributed by atoms with Gasteiger partial charge in [0.15, 0.2) is 0 Å². The minimum absolute atomic E-state index is 0.277. The lowest BCUT2D eigenvalue weighted by atomic mass is 10.2. The minimum atomic E-state index is -4.12. The molecule has 2 aromatic rings. The molecular weight excluding hydrogens is 352 g/mol. The predicted molar refractivity (Wildman–Crippen MR) is 76.0 cm³/mol. The first-order valence-corrected chi connectivity index (χ1v) is 7.81. The highest BCUT2D eigenvalue weighted by Crippen LogP contribution is 2.26. The van der Waals surface area contributed by atoms with Crippen molar-refractivity contribution in [2.24, 2.45) is 0 Å². The lowest BCUT2D eigenvalue weighted by Gasteiger charge is -2.11. The van der Waals surface area contributed by atoms with E-state index in [0.29, 0.717) is 10.5 Å². The summed E-state index contributed by atoms with van der Waals surface area (Å²) in [6.45, 7) is 1.85. The average molecular weight is 362 g/mol. The molecule has 0 aliphatic rings. The first-order valence-electron chi connectivity index (χ1n) is 5.53. The standard InChI is InChI=1S/C13H10BrF2NO2S/c1-8-2-4-12(10(14)6-8)17-20(18,19)13-5-3-9(15)7-11(13)16/h2-7,17H,1H3. The normalized spacial score (nSPS) is 11.4. The maximum absolute atomic E-state index is 13.5. The van der Waals surface area contributed by atoms with E-state index in [-0.39, 0.29) is 5.69 Å². The fraction of sp³-hybridized carbons (Fsp3) is 0.0769. The monoisotopic (exact) mass is 361 g/mol. The number of hydrogen-bond donors (Lipinski definition) is 1. The van der Waals surface area contributed by atoms with Crippen LogP contribution in [0.4, 0.5) is 14.5 Å². The Hall–Kier alpha value is -1.47. The third kappa shape index (κ3) is 3.16. The van der Waals surface area contributed by atoms with Crippen molar-refractivity contribution in [3.63, 3.8) is 0 Å². The van der Waals surface area contributed by atoms with Crippen LogP contribution in [-0.2, 0) is 10.0 Å². The molecule has 2 aromatic carbocycles. The molecule has 1 N–H and O–H groups in total. The van der Waals surface area contributed by atoms with Gasteiger partial charge in [0.05, 0.1) is 5.69 Å². The Bertz CT molecular complexity index is 763. The van der Waals surface area contributed by atoms with E-state index >= 15 is 0 Å². The Morgan fingerprint density at radius 3 is 2.40 bits per heavy atom. The molecule has 3 nitrogen and oxygen atoms in total. The van der Waals surface area contributed by atoms with E-state index in [0.717, 1.165) is 17.7 Å². The number of sulfonamides is 1. The zero-order valence-corrected chi connectivity index (χ0v) is 12.7. The van der Waals surface area contributed by atoms with Crippen LogP contribution in [0, 0.1) is 18.6 Å². The predicted octanol–water partition coefficient (Wildman–Crippen LogP) is 3.84. The van der Waals surface area contributed by atoms with Crippen molar-refractivity contribution in [3.8, 4) is 0 Å². The summed E-state index contributed by atoms with van der Waals surface area (Å²) in [5.41, 5.74) is 1.21. The smallest absolute Gasteiger partial charge is 0.264 e. The van der Waals surface area contributed by atoms with Gasteiger partial charge in [0.1, 0.15) is 16.5 Å². The van der Waals surface area contributed by atoms with Crippen LogP contribution in [0.1, 0.15) is 5.56 Å². The summed E-state index contributed by atoms with van der Waals surface area (Å²) in [6.07, 6.45) is 0. The SMILES string of the molecule is Cc1ccc(NS(=O)(=O)c2ccc(F)cc2F)c(Br)c1. The van der Waals surface area contributed by atoms with Crippen LogP contribution < -0.4 is 4.72 Å². The fourth-order valence-corrected chi connectivity index (χ4v) is 3.46. The van der Waals surface area contributed by atoms with E-state index in [2.05, 4.69) is 20.7 Å². The van der Waals surface area contributed by atoms with Gasteiger partial charge in [-0.15, -0.1) is 0 Å². The molecule has 0 unspecified atom stereocenters. The van der Waals surface area contributed by atoms with Gasteiger partial charge in [-0.1, -0.05) is 6.07 Å². The molecule has 20 heavy (non-hydrogen) atoms. The third-order valence-corrected chi connectivity index (χ3v) is 4.61. The Kier molecular flexibility index (Phi) is 4.10. The second kappa shape index (κ2) is 5.49. The Morgan fingerprint density at radius 2 is 1.80 bits per heavy atom. The molecule has 7 heteroatoms. The quantitative estimate of drug-likeness (QED) is 0.902. The van der Waals surface area contributed by atoms with Crippen molar-refractivity contribution in [2.45, 2.75) is 11.8 Å². The van der Waals surface area contributed by atoms with Gasteiger partial charge in [-0.3, -0.25) is 4.72 Å². The van der Waals surface area contributed by atoms with Gasteiger partial charge in [-0.25, -0.2) is 17.2 Å². The number of nitrogens with one attached hydrogen (secondary N) is 1. The van der Waals surface area contributed by atoms with Crippen molar-refractivity contribution in [1.82, 2.24) is 0 Å². The molecular formula is C13H10BrF2NO2S. The Balaban J connectivity index is 2.41. The highest BCUT2D eigenvalue weighted by atomic mass is 79.9. The summed E-state index contributed by atoms with van der Waals surface area (Å²) in [5, 5.41) is 0. The van der Waals surface area contributed by atoms with Crippen LogP contribution in [0.3, 0.4) is 0 Å². The van der Waals surface area contributed by atoms with Crippen LogP contribution in [0.15, 0.2) is 45.8 Å². The molecule has 0 fully saturated rings. The van der Waals surface area contributed by atoms with Gasteiger partial charge < -0.3 is 0 Å². The molecule has 0 amide bonds. The second-order valence-corrected chi connectivity index (χ2v) is 6.67. The minimum Gasteiger partial charge on any atom is -0.278 e. The average Bonchev–Trinajstić information content (AvgIpc) is 2.32. The highest BCUT2D eigenvalue weighted by Gasteiger charge is 2.20. The maximum Gasteiger partial charge on any atom is 0.264 e. The molecule has 0 aliphatic carbocycles. The van der Waals surface area contributed by atoms with E-state index in [4.69, 9.17) is 0 Å². The fourth-order valence-electron chi connectivity index (χ4n) is 1.60. The van der Waals surface area contributed by atoms with Crippen molar-refractivity contribution in [3.05, 3.63) is 58.1 Å². The van der Waals surface area contributed by atoms with Crippen molar-refractivity contribution in [2.75, 3.05) is 4.72 Å². The Morgan fingerprint density at radius 1 is 1.10 bits per heavy atom. The van der Waals surface area contributed by atoms with Gasteiger partial charge in [-0.2, -0.15) is 0 Å². The highest BCUT2D eigenvalue weighted by molar-refractivity contribution is 9.10. The summed E-state index contributed by atoms with van der Waals surface area (Å²) in [5.74, 6) is -1.97. The van der Waals surface area contributed by atoms with E-state index in [1.807, 2.05) is 6.92 Å². The van der Waals surface area contributed by atoms with E-state index in [1.54, 1.807) is 18.2 Å². The second-order valence-electron chi connectivity index (χ2n) is 4.16. The number of halogens is 3. The lowest BCUT2D eigenvalue weighted by Crippen LogP contribution is -2.15. The zero-order valence-electron chi connectivity index (χ0n) is 10.3. The molecule has 0 bridgehead atoms. The third-order valence-electron chi connectivity index (χ3n) is 2.55. The number of benzene rings is 2. The van der Waals surface area contributed by atoms with Gasteiger partial charge in [0.2, 0.25) is 0 Å². The van der Waals surface area contributed by atoms with Crippen molar-refractivity contribution >= 4 is 31.6 Å². The summed E-state index contributed by atoms with van der Waals surface area (Å²) in [6, 6.07) is 7.29. The summed E-state index contributed by atoms with van der Waals surface area (Å²) >= 11 is 3.22. The van der Waals surface area contributed by atoms with Gasteiger partial charge in [0, 0.05) is 10.5 Å². The molecule has 0 atom stereocenters. The van der Waals surface area contributed by atoms with E-state index < -0.39 is 26.6 Å². The molecule has 0 aromatic heterocycles. The lowest BCUT2D eigenvalue weighted by molar-refractivity contribution is 0.551. The maximum atomic E-state index is 13.5. The van der Waals surface area contributed by atoms with Gasteiger partial charge in [-0.05, 0) is 52.7 Å². The number of hydrogen-bond acceptors (Lipinski definition) is 2. The molecule has 2 rings (SSSR count). The molecule has 0 aliphatic heterocycles. The van der Waals surface area contributed by atoms with Crippen LogP contribution in [0.2, 0.25) is 0 Å². The number of aryl methyl sites for hydroxylation is 1. The van der Waals surface area contributed by atoms with E-state index in [9.17, 15) is 17.2 Å². The van der Waals surface area contributed by atoms with E-state index in [1.165, 1.54) is 0 Å². The first-order chi connectivity index (χ1) is 9.29. The zero-order chi connectivity index (χ0) is 14.9. The van der Waals surface area contributed by atoms with Gasteiger partial charge >= 0.3 is 0 Å². The molecule has 0 saturated heterocycles. The topological polar surface area (TPSA) is 46.2 Å².